The molecule has 0 fully saturated rings. The van der Waals surface area contributed by atoms with Gasteiger partial charge in [0.15, 0.2) is 0 Å². The highest BCUT2D eigenvalue weighted by Gasteiger charge is 2.17. The van der Waals surface area contributed by atoms with Crippen molar-refractivity contribution < 1.29 is 19.1 Å². The minimum atomic E-state index is -0.444. The van der Waals surface area contributed by atoms with E-state index in [0.717, 1.165) is 49.7 Å². The second kappa shape index (κ2) is 13.9. The van der Waals surface area contributed by atoms with Crippen LogP contribution >= 0.6 is 0 Å². The Morgan fingerprint density at radius 3 is 1.16 bits per heavy atom. The number of carbonyl (C=O) groups excluding carboxylic acids is 2. The van der Waals surface area contributed by atoms with Crippen molar-refractivity contribution in [3.63, 3.8) is 0 Å². The smallest absolute Gasteiger partial charge is 0.338 e. The molecule has 3 aromatic carbocycles. The van der Waals surface area contributed by atoms with Gasteiger partial charge in [-0.25, -0.2) is 9.59 Å². The third-order valence-corrected chi connectivity index (χ3v) is 7.36. The Labute approximate surface area is 228 Å². The molecule has 0 aromatic heterocycles. The average Bonchev–Trinajstić information content (AvgIpc) is 2.97. The number of rotatable bonds is 12. The molecule has 0 spiro atoms. The average molecular weight is 515 g/mol. The molecule has 0 radical (unpaired) electrons. The lowest BCUT2D eigenvalue weighted by Gasteiger charge is -2.16. The Hall–Kier alpha value is -3.40. The molecule has 0 saturated carbocycles. The number of aryl methyl sites for hydroxylation is 6. The van der Waals surface area contributed by atoms with Crippen molar-refractivity contribution in [3.8, 4) is 0 Å². The van der Waals surface area contributed by atoms with Gasteiger partial charge in [0.1, 0.15) is 13.2 Å². The Morgan fingerprint density at radius 1 is 0.526 bits per heavy atom. The van der Waals surface area contributed by atoms with Gasteiger partial charge in [0, 0.05) is 0 Å². The molecule has 38 heavy (non-hydrogen) atoms. The minimum Gasteiger partial charge on any atom is -0.457 e. The van der Waals surface area contributed by atoms with Crippen LogP contribution in [-0.4, -0.2) is 11.9 Å². The first kappa shape index (κ1) is 29.2. The molecule has 0 amide bonds. The van der Waals surface area contributed by atoms with Gasteiger partial charge in [-0.05, 0) is 101 Å². The Kier molecular flexibility index (Phi) is 10.7. The Balaban J connectivity index is 1.72. The lowest BCUT2D eigenvalue weighted by Crippen LogP contribution is -2.12. The number of carbonyl (C=O) groups is 2. The number of hydrogen-bond donors (Lipinski definition) is 0. The van der Waals surface area contributed by atoms with Crippen molar-refractivity contribution in [2.75, 3.05) is 0 Å². The zero-order valence-corrected chi connectivity index (χ0v) is 23.9. The van der Waals surface area contributed by atoms with E-state index in [9.17, 15) is 9.59 Å². The van der Waals surface area contributed by atoms with Crippen LogP contribution in [0, 0.1) is 0 Å². The molecular formula is C34H42O4. The first-order chi connectivity index (χ1) is 18.4. The predicted octanol–water partition coefficient (Wildman–Crippen LogP) is 7.78. The van der Waals surface area contributed by atoms with E-state index < -0.39 is 11.9 Å². The number of esters is 2. The summed E-state index contributed by atoms with van der Waals surface area (Å²) in [7, 11) is 0. The van der Waals surface area contributed by atoms with Crippen molar-refractivity contribution in [2.24, 2.45) is 0 Å². The fourth-order valence-corrected chi connectivity index (χ4v) is 5.00. The van der Waals surface area contributed by atoms with Gasteiger partial charge in [-0.1, -0.05) is 71.9 Å². The molecular weight excluding hydrogens is 472 g/mol. The number of ether oxygens (including phenoxy) is 2. The summed E-state index contributed by atoms with van der Waals surface area (Å²) in [5, 5.41) is 0. The third kappa shape index (κ3) is 6.92. The van der Waals surface area contributed by atoms with Crippen LogP contribution in [0.25, 0.3) is 0 Å². The maximum absolute atomic E-state index is 12.9. The second-order valence-corrected chi connectivity index (χ2v) is 9.64. The molecule has 3 rings (SSSR count). The van der Waals surface area contributed by atoms with Crippen LogP contribution in [0.15, 0.2) is 48.5 Å². The summed E-state index contributed by atoms with van der Waals surface area (Å²) in [5.41, 5.74) is 10.3. The molecule has 0 aliphatic heterocycles. The highest BCUT2D eigenvalue weighted by Crippen LogP contribution is 2.23. The van der Waals surface area contributed by atoms with Crippen molar-refractivity contribution in [2.45, 2.75) is 93.3 Å². The molecule has 4 nitrogen and oxygen atoms in total. The van der Waals surface area contributed by atoms with Gasteiger partial charge in [0.05, 0.1) is 11.1 Å². The van der Waals surface area contributed by atoms with Crippen LogP contribution in [0.1, 0.15) is 107 Å². The van der Waals surface area contributed by atoms with E-state index >= 15 is 0 Å². The van der Waals surface area contributed by atoms with Crippen molar-refractivity contribution in [1.29, 1.82) is 0 Å². The molecule has 0 unspecified atom stereocenters. The fraction of sp³-hybridized carbons (Fsp3) is 0.412. The monoisotopic (exact) mass is 514 g/mol. The van der Waals surface area contributed by atoms with Crippen LogP contribution < -0.4 is 0 Å². The summed E-state index contributed by atoms with van der Waals surface area (Å²) < 4.78 is 11.5. The van der Waals surface area contributed by atoms with Gasteiger partial charge in [-0.15, -0.1) is 0 Å². The van der Waals surface area contributed by atoms with Gasteiger partial charge < -0.3 is 9.47 Å². The van der Waals surface area contributed by atoms with Gasteiger partial charge >= 0.3 is 11.9 Å². The van der Waals surface area contributed by atoms with E-state index in [2.05, 4.69) is 65.8 Å². The molecule has 0 heterocycles. The topological polar surface area (TPSA) is 52.6 Å². The maximum atomic E-state index is 12.9. The predicted molar refractivity (Wildman–Crippen MR) is 154 cm³/mol. The minimum absolute atomic E-state index is 0.219. The molecule has 0 aliphatic carbocycles. The summed E-state index contributed by atoms with van der Waals surface area (Å²) in [4.78, 5) is 25.9. The quantitative estimate of drug-likeness (QED) is 0.232. The normalized spacial score (nSPS) is 10.9. The number of hydrogen-bond acceptors (Lipinski definition) is 4. The molecule has 3 aromatic rings. The van der Waals surface area contributed by atoms with Gasteiger partial charge in [-0.3, -0.25) is 0 Å². The molecule has 202 valence electrons. The third-order valence-electron chi connectivity index (χ3n) is 7.36. The molecule has 0 atom stereocenters. The summed E-state index contributed by atoms with van der Waals surface area (Å²) in [6, 6.07) is 15.5. The largest absolute Gasteiger partial charge is 0.457 e. The van der Waals surface area contributed by atoms with E-state index in [1.54, 1.807) is 24.3 Å². The Morgan fingerprint density at radius 2 is 0.868 bits per heavy atom. The van der Waals surface area contributed by atoms with Crippen LogP contribution in [0.4, 0.5) is 0 Å². The van der Waals surface area contributed by atoms with Gasteiger partial charge in [-0.2, -0.15) is 0 Å². The van der Waals surface area contributed by atoms with Crippen LogP contribution in [0.3, 0.4) is 0 Å². The summed E-state index contributed by atoms with van der Waals surface area (Å²) >= 11 is 0. The first-order valence-electron chi connectivity index (χ1n) is 14.1. The van der Waals surface area contributed by atoms with Gasteiger partial charge in [0.2, 0.25) is 0 Å². The maximum Gasteiger partial charge on any atom is 0.338 e. The first-order valence-corrected chi connectivity index (χ1v) is 14.1. The zero-order chi connectivity index (χ0) is 27.7. The molecule has 0 bridgehead atoms. The van der Waals surface area contributed by atoms with Crippen molar-refractivity contribution in [3.05, 3.63) is 104 Å². The fourth-order valence-electron chi connectivity index (χ4n) is 5.00. The second-order valence-electron chi connectivity index (χ2n) is 9.64. The van der Waals surface area contributed by atoms with E-state index in [1.807, 2.05) is 0 Å². The van der Waals surface area contributed by atoms with Crippen LogP contribution in [0.2, 0.25) is 0 Å². The van der Waals surface area contributed by atoms with E-state index in [-0.39, 0.29) is 13.2 Å². The number of benzene rings is 3. The standard InChI is InChI=1S/C34H42O4/c1-7-23-16-25(9-3)31(26(10-4)17-23)21-37-33(35)29-14-13-15-30(20-29)34(36)38-22-32-27(11-5)18-24(8-2)19-28(32)12-6/h13-20H,7-12,21-22H2,1-6H3. The molecule has 0 N–H and O–H groups in total. The van der Waals surface area contributed by atoms with Crippen LogP contribution in [0.5, 0.6) is 0 Å². The molecule has 0 saturated heterocycles. The highest BCUT2D eigenvalue weighted by atomic mass is 16.5. The zero-order valence-electron chi connectivity index (χ0n) is 23.9. The molecule has 0 aliphatic rings. The van der Waals surface area contributed by atoms with Crippen molar-refractivity contribution >= 4 is 11.9 Å². The van der Waals surface area contributed by atoms with E-state index in [1.165, 1.54) is 33.4 Å². The van der Waals surface area contributed by atoms with Crippen LogP contribution in [-0.2, 0) is 61.2 Å². The van der Waals surface area contributed by atoms with Crippen molar-refractivity contribution in [1.82, 2.24) is 0 Å². The molecule has 4 heteroatoms. The lowest BCUT2D eigenvalue weighted by molar-refractivity contribution is 0.0469. The highest BCUT2D eigenvalue weighted by molar-refractivity contribution is 5.95. The SMILES string of the molecule is CCc1cc(CC)c(COC(=O)c2cccc(C(=O)OCc3c(CC)cc(CC)cc3CC)c2)c(CC)c1. The lowest BCUT2D eigenvalue weighted by atomic mass is 9.94. The van der Waals surface area contributed by atoms with Gasteiger partial charge in [0.25, 0.3) is 0 Å². The Bertz CT molecular complexity index is 1130. The summed E-state index contributed by atoms with van der Waals surface area (Å²) in [6.45, 7) is 13.2. The summed E-state index contributed by atoms with van der Waals surface area (Å²) in [5.74, 6) is -0.889. The van der Waals surface area contributed by atoms with E-state index in [0.29, 0.717) is 11.1 Å². The summed E-state index contributed by atoms with van der Waals surface area (Å²) in [6.07, 6.45) is 5.50. The van der Waals surface area contributed by atoms with E-state index in [4.69, 9.17) is 9.47 Å².